The molecule has 1 aliphatic carbocycles. The second-order valence-electron chi connectivity index (χ2n) is 6.38. The molecule has 2 amide bonds. The van der Waals surface area contributed by atoms with Crippen LogP contribution in [0.3, 0.4) is 0 Å². The number of carbonyl (C=O) groups is 3. The zero-order valence-electron chi connectivity index (χ0n) is 12.0. The number of ketones is 1. The van der Waals surface area contributed by atoms with E-state index in [1.165, 1.54) is 0 Å². The van der Waals surface area contributed by atoms with Crippen molar-refractivity contribution < 1.29 is 14.4 Å². The van der Waals surface area contributed by atoms with Crippen LogP contribution in [0.4, 0.5) is 0 Å². The monoisotopic (exact) mass is 278 g/mol. The molecule has 0 radical (unpaired) electrons. The van der Waals surface area contributed by atoms with E-state index in [9.17, 15) is 14.4 Å². The quantitative estimate of drug-likeness (QED) is 0.751. The molecule has 0 bridgehead atoms. The molecule has 2 saturated heterocycles. The lowest BCUT2D eigenvalue weighted by Crippen LogP contribution is -2.44. The minimum absolute atomic E-state index is 0.0519. The molecule has 0 aromatic rings. The lowest BCUT2D eigenvalue weighted by Gasteiger charge is -2.30. The number of hydrogen-bond donors (Lipinski definition) is 0. The first-order chi connectivity index (χ1) is 9.58. The summed E-state index contributed by atoms with van der Waals surface area (Å²) in [4.78, 5) is 39.7. The van der Waals surface area contributed by atoms with Gasteiger partial charge in [0, 0.05) is 44.9 Å². The van der Waals surface area contributed by atoms with Crippen LogP contribution in [-0.2, 0) is 14.4 Å². The third-order valence-electron chi connectivity index (χ3n) is 5.09. The van der Waals surface area contributed by atoms with Crippen molar-refractivity contribution in [3.63, 3.8) is 0 Å². The summed E-state index contributed by atoms with van der Waals surface area (Å²) in [6, 6.07) is 0.0958. The maximum absolute atomic E-state index is 12.6. The molecule has 0 N–H and O–H groups in total. The molecule has 2 heterocycles. The van der Waals surface area contributed by atoms with E-state index >= 15 is 0 Å². The molecule has 0 unspecified atom stereocenters. The van der Waals surface area contributed by atoms with Gasteiger partial charge < -0.3 is 9.80 Å². The molecular formula is C15H22N2O3. The molecule has 3 rings (SSSR count). The lowest BCUT2D eigenvalue weighted by atomic mass is 9.94. The van der Waals surface area contributed by atoms with Crippen LogP contribution in [0.1, 0.15) is 38.5 Å². The molecule has 3 aliphatic rings. The molecule has 1 saturated carbocycles. The van der Waals surface area contributed by atoms with Crippen molar-refractivity contribution in [2.75, 3.05) is 20.1 Å². The number of Topliss-reactive ketones (excluding diaryl/α,β-unsaturated/α-hetero) is 1. The van der Waals surface area contributed by atoms with Crippen molar-refractivity contribution in [2.45, 2.75) is 44.6 Å². The zero-order valence-corrected chi connectivity index (χ0v) is 12.0. The third-order valence-corrected chi connectivity index (χ3v) is 5.09. The van der Waals surface area contributed by atoms with Crippen molar-refractivity contribution in [2.24, 2.45) is 11.8 Å². The minimum Gasteiger partial charge on any atom is -0.345 e. The molecule has 2 aliphatic heterocycles. The second kappa shape index (κ2) is 5.19. The fraction of sp³-hybridized carbons (Fsp3) is 0.800. The SMILES string of the molecule is CN1C[C@H](C(=O)N2CCC[C@@H]2[C@H]2CCCC2=O)CC1=O. The standard InChI is InChI=1S/C15H22N2O3/c1-16-9-10(8-14(16)19)15(20)17-7-3-5-12(17)11-4-2-6-13(11)18/h10-12H,2-9H2,1H3/t10-,11-,12-/m1/s1. The Morgan fingerprint density at radius 3 is 2.60 bits per heavy atom. The fourth-order valence-electron chi connectivity index (χ4n) is 4.00. The molecule has 0 aromatic carbocycles. The molecule has 3 atom stereocenters. The van der Waals surface area contributed by atoms with E-state index in [1.807, 2.05) is 4.90 Å². The average molecular weight is 278 g/mol. The van der Waals surface area contributed by atoms with E-state index in [0.29, 0.717) is 25.2 Å². The van der Waals surface area contributed by atoms with Crippen molar-refractivity contribution >= 4 is 17.6 Å². The Bertz CT molecular complexity index is 448. The van der Waals surface area contributed by atoms with E-state index < -0.39 is 0 Å². The first-order valence-corrected chi connectivity index (χ1v) is 7.65. The summed E-state index contributed by atoms with van der Waals surface area (Å²) in [7, 11) is 1.75. The summed E-state index contributed by atoms with van der Waals surface area (Å²) in [6.07, 6.45) is 4.82. The maximum Gasteiger partial charge on any atom is 0.228 e. The summed E-state index contributed by atoms with van der Waals surface area (Å²) in [5.74, 6) is 0.316. The van der Waals surface area contributed by atoms with E-state index in [2.05, 4.69) is 0 Å². The van der Waals surface area contributed by atoms with Gasteiger partial charge in [-0.3, -0.25) is 14.4 Å². The van der Waals surface area contributed by atoms with Crippen LogP contribution < -0.4 is 0 Å². The largest absolute Gasteiger partial charge is 0.345 e. The third kappa shape index (κ3) is 2.23. The van der Waals surface area contributed by atoms with Gasteiger partial charge in [0.1, 0.15) is 5.78 Å². The summed E-state index contributed by atoms with van der Waals surface area (Å²) < 4.78 is 0. The number of amides is 2. The summed E-state index contributed by atoms with van der Waals surface area (Å²) >= 11 is 0. The van der Waals surface area contributed by atoms with Gasteiger partial charge in [0.2, 0.25) is 11.8 Å². The highest BCUT2D eigenvalue weighted by molar-refractivity contribution is 5.90. The molecule has 0 spiro atoms. The Kier molecular flexibility index (Phi) is 3.52. The average Bonchev–Trinajstić information content (AvgIpc) is 3.10. The van der Waals surface area contributed by atoms with Crippen molar-refractivity contribution in [1.82, 2.24) is 9.80 Å². The van der Waals surface area contributed by atoms with Gasteiger partial charge in [-0.25, -0.2) is 0 Å². The molecule has 110 valence electrons. The van der Waals surface area contributed by atoms with Crippen LogP contribution in [0.25, 0.3) is 0 Å². The smallest absolute Gasteiger partial charge is 0.228 e. The van der Waals surface area contributed by atoms with Crippen LogP contribution in [-0.4, -0.2) is 53.6 Å². The summed E-state index contributed by atoms with van der Waals surface area (Å²) in [5, 5.41) is 0. The fourth-order valence-corrected chi connectivity index (χ4v) is 4.00. The van der Waals surface area contributed by atoms with Gasteiger partial charge >= 0.3 is 0 Å². The zero-order chi connectivity index (χ0) is 14.3. The molecule has 5 heteroatoms. The van der Waals surface area contributed by atoms with Crippen LogP contribution in [0.5, 0.6) is 0 Å². The van der Waals surface area contributed by atoms with Gasteiger partial charge in [-0.05, 0) is 25.7 Å². The van der Waals surface area contributed by atoms with Crippen molar-refractivity contribution in [3.8, 4) is 0 Å². The minimum atomic E-state index is -0.204. The number of carbonyl (C=O) groups excluding carboxylic acids is 3. The number of nitrogens with zero attached hydrogens (tertiary/aromatic N) is 2. The lowest BCUT2D eigenvalue weighted by molar-refractivity contribution is -0.138. The van der Waals surface area contributed by atoms with Gasteiger partial charge in [0.25, 0.3) is 0 Å². The van der Waals surface area contributed by atoms with E-state index in [1.54, 1.807) is 11.9 Å². The Morgan fingerprint density at radius 1 is 1.20 bits per heavy atom. The first kappa shape index (κ1) is 13.6. The molecule has 5 nitrogen and oxygen atoms in total. The van der Waals surface area contributed by atoms with E-state index in [4.69, 9.17) is 0 Å². The van der Waals surface area contributed by atoms with Gasteiger partial charge in [0.05, 0.1) is 5.92 Å². The van der Waals surface area contributed by atoms with E-state index in [-0.39, 0.29) is 29.7 Å². The summed E-state index contributed by atoms with van der Waals surface area (Å²) in [5.41, 5.74) is 0. The Hall–Kier alpha value is -1.39. The molecule has 3 fully saturated rings. The summed E-state index contributed by atoms with van der Waals surface area (Å²) in [6.45, 7) is 1.28. The Morgan fingerprint density at radius 2 is 2.00 bits per heavy atom. The number of rotatable bonds is 2. The number of hydrogen-bond acceptors (Lipinski definition) is 3. The highest BCUT2D eigenvalue weighted by Crippen LogP contribution is 2.34. The van der Waals surface area contributed by atoms with Gasteiger partial charge in [-0.1, -0.05) is 0 Å². The predicted octanol–water partition coefficient (Wildman–Crippen LogP) is 0.825. The molecule has 0 aromatic heterocycles. The molecular weight excluding hydrogens is 256 g/mol. The first-order valence-electron chi connectivity index (χ1n) is 7.65. The van der Waals surface area contributed by atoms with Crippen LogP contribution >= 0.6 is 0 Å². The molecule has 20 heavy (non-hydrogen) atoms. The second-order valence-corrected chi connectivity index (χ2v) is 6.38. The Labute approximate surface area is 119 Å². The highest BCUT2D eigenvalue weighted by Gasteiger charge is 2.43. The van der Waals surface area contributed by atoms with Crippen molar-refractivity contribution in [1.29, 1.82) is 0 Å². The highest BCUT2D eigenvalue weighted by atomic mass is 16.2. The van der Waals surface area contributed by atoms with E-state index in [0.717, 1.165) is 32.2 Å². The van der Waals surface area contributed by atoms with Gasteiger partial charge in [-0.15, -0.1) is 0 Å². The van der Waals surface area contributed by atoms with Gasteiger partial charge in [0.15, 0.2) is 0 Å². The van der Waals surface area contributed by atoms with Crippen molar-refractivity contribution in [3.05, 3.63) is 0 Å². The predicted molar refractivity (Wildman–Crippen MR) is 72.8 cm³/mol. The van der Waals surface area contributed by atoms with Gasteiger partial charge in [-0.2, -0.15) is 0 Å². The normalized spacial score (nSPS) is 34.4. The Balaban J connectivity index is 1.70. The van der Waals surface area contributed by atoms with Crippen LogP contribution in [0, 0.1) is 11.8 Å². The van der Waals surface area contributed by atoms with Crippen LogP contribution in [0.2, 0.25) is 0 Å². The van der Waals surface area contributed by atoms with Crippen LogP contribution in [0.15, 0.2) is 0 Å². The topological polar surface area (TPSA) is 57.7 Å². The number of likely N-dealkylation sites (tertiary alicyclic amines) is 2. The maximum atomic E-state index is 12.6.